The number of benzene rings is 1. The van der Waals surface area contributed by atoms with Crippen LogP contribution in [0.15, 0.2) is 30.3 Å². The molecule has 1 saturated heterocycles. The maximum atomic E-state index is 5.50. The van der Waals surface area contributed by atoms with E-state index in [4.69, 9.17) is 4.74 Å². The molecule has 1 atom stereocenters. The maximum absolute atomic E-state index is 5.50. The first-order valence-corrected chi connectivity index (χ1v) is 5.22. The maximum Gasteiger partial charge on any atom is 0.0674 e. The van der Waals surface area contributed by atoms with Gasteiger partial charge in [0.25, 0.3) is 0 Å². The van der Waals surface area contributed by atoms with Gasteiger partial charge in [0.1, 0.15) is 0 Å². The second-order valence-electron chi connectivity index (χ2n) is 3.90. The molecule has 3 nitrogen and oxygen atoms in total. The summed E-state index contributed by atoms with van der Waals surface area (Å²) in [6.45, 7) is 6.16. The van der Waals surface area contributed by atoms with Crippen LogP contribution in [0, 0.1) is 0 Å². The SMILES string of the molecule is CC1CN(Cc2ccccc2)CCO1.N. The minimum absolute atomic E-state index is 0. The summed E-state index contributed by atoms with van der Waals surface area (Å²) in [7, 11) is 0. The fourth-order valence-electron chi connectivity index (χ4n) is 1.88. The van der Waals surface area contributed by atoms with Crippen molar-refractivity contribution in [1.82, 2.24) is 11.1 Å². The predicted octanol–water partition coefficient (Wildman–Crippen LogP) is 2.07. The molecule has 3 N–H and O–H groups in total. The van der Waals surface area contributed by atoms with Gasteiger partial charge in [-0.15, -0.1) is 0 Å². The fraction of sp³-hybridized carbons (Fsp3) is 0.500. The van der Waals surface area contributed by atoms with Gasteiger partial charge in [0.05, 0.1) is 12.7 Å². The van der Waals surface area contributed by atoms with Gasteiger partial charge in [-0.3, -0.25) is 4.90 Å². The van der Waals surface area contributed by atoms with E-state index < -0.39 is 0 Å². The molecule has 1 unspecified atom stereocenters. The zero-order valence-corrected chi connectivity index (χ0v) is 9.36. The minimum atomic E-state index is 0. The van der Waals surface area contributed by atoms with Crippen LogP contribution in [-0.4, -0.2) is 30.7 Å². The quantitative estimate of drug-likeness (QED) is 0.809. The van der Waals surface area contributed by atoms with Crippen molar-refractivity contribution in [2.24, 2.45) is 0 Å². The summed E-state index contributed by atoms with van der Waals surface area (Å²) in [5, 5.41) is 0. The molecule has 1 fully saturated rings. The van der Waals surface area contributed by atoms with E-state index in [2.05, 4.69) is 42.2 Å². The van der Waals surface area contributed by atoms with Gasteiger partial charge in [0.2, 0.25) is 0 Å². The van der Waals surface area contributed by atoms with Gasteiger partial charge in [0, 0.05) is 19.6 Å². The summed E-state index contributed by atoms with van der Waals surface area (Å²) in [4.78, 5) is 2.45. The lowest BCUT2D eigenvalue weighted by atomic mass is 10.2. The Morgan fingerprint density at radius 1 is 1.33 bits per heavy atom. The lowest BCUT2D eigenvalue weighted by Crippen LogP contribution is -2.40. The topological polar surface area (TPSA) is 47.5 Å². The predicted molar refractivity (Wildman–Crippen MR) is 62.2 cm³/mol. The van der Waals surface area contributed by atoms with Gasteiger partial charge in [-0.25, -0.2) is 0 Å². The van der Waals surface area contributed by atoms with Crippen molar-refractivity contribution >= 4 is 0 Å². The van der Waals surface area contributed by atoms with Crippen LogP contribution in [0.5, 0.6) is 0 Å². The van der Waals surface area contributed by atoms with Gasteiger partial charge in [0.15, 0.2) is 0 Å². The van der Waals surface area contributed by atoms with Crippen LogP contribution in [-0.2, 0) is 11.3 Å². The second-order valence-corrected chi connectivity index (χ2v) is 3.90. The van der Waals surface area contributed by atoms with Gasteiger partial charge in [-0.05, 0) is 12.5 Å². The van der Waals surface area contributed by atoms with E-state index in [0.29, 0.717) is 6.10 Å². The van der Waals surface area contributed by atoms with E-state index in [-0.39, 0.29) is 6.15 Å². The molecule has 0 aromatic heterocycles. The molecule has 84 valence electrons. The Morgan fingerprint density at radius 2 is 2.07 bits per heavy atom. The molecule has 3 heteroatoms. The van der Waals surface area contributed by atoms with E-state index in [1.54, 1.807) is 0 Å². The Kier molecular flexibility index (Phi) is 4.75. The molecule has 0 aliphatic carbocycles. The largest absolute Gasteiger partial charge is 0.376 e. The molecule has 1 aliphatic rings. The lowest BCUT2D eigenvalue weighted by Gasteiger charge is -2.31. The summed E-state index contributed by atoms with van der Waals surface area (Å²) in [5.41, 5.74) is 1.39. The molecule has 15 heavy (non-hydrogen) atoms. The third-order valence-electron chi connectivity index (χ3n) is 2.57. The number of hydrogen-bond donors (Lipinski definition) is 1. The highest BCUT2D eigenvalue weighted by atomic mass is 16.5. The number of ether oxygens (including phenoxy) is 1. The molecule has 0 amide bonds. The molecule has 0 saturated carbocycles. The van der Waals surface area contributed by atoms with Crippen molar-refractivity contribution in [2.75, 3.05) is 19.7 Å². The van der Waals surface area contributed by atoms with Crippen LogP contribution >= 0.6 is 0 Å². The number of nitrogens with zero attached hydrogens (tertiary/aromatic N) is 1. The Balaban J connectivity index is 0.00000112. The van der Waals surface area contributed by atoms with E-state index in [9.17, 15) is 0 Å². The van der Waals surface area contributed by atoms with Crippen molar-refractivity contribution in [2.45, 2.75) is 19.6 Å². The summed E-state index contributed by atoms with van der Waals surface area (Å²) in [6, 6.07) is 10.6. The average Bonchev–Trinajstić information content (AvgIpc) is 2.19. The van der Waals surface area contributed by atoms with Crippen LogP contribution in [0.3, 0.4) is 0 Å². The van der Waals surface area contributed by atoms with E-state index in [1.165, 1.54) is 5.56 Å². The molecular weight excluding hydrogens is 188 g/mol. The van der Waals surface area contributed by atoms with Crippen LogP contribution < -0.4 is 6.15 Å². The highest BCUT2D eigenvalue weighted by molar-refractivity contribution is 5.14. The third-order valence-corrected chi connectivity index (χ3v) is 2.57. The Bertz CT molecular complexity index is 276. The zero-order valence-electron chi connectivity index (χ0n) is 9.36. The Hall–Kier alpha value is -0.900. The average molecular weight is 208 g/mol. The van der Waals surface area contributed by atoms with Crippen LogP contribution in [0.25, 0.3) is 0 Å². The molecular formula is C12H20N2O. The normalized spacial score (nSPS) is 22.1. The molecule has 1 aliphatic heterocycles. The summed E-state index contributed by atoms with van der Waals surface area (Å²) < 4.78 is 5.50. The van der Waals surface area contributed by atoms with Crippen molar-refractivity contribution in [3.8, 4) is 0 Å². The molecule has 1 aromatic carbocycles. The second kappa shape index (κ2) is 5.85. The number of rotatable bonds is 2. The van der Waals surface area contributed by atoms with Gasteiger partial charge < -0.3 is 10.9 Å². The van der Waals surface area contributed by atoms with Crippen LogP contribution in [0.2, 0.25) is 0 Å². The third kappa shape index (κ3) is 3.63. The number of hydrogen-bond acceptors (Lipinski definition) is 3. The molecule has 2 rings (SSSR count). The van der Waals surface area contributed by atoms with Crippen LogP contribution in [0.4, 0.5) is 0 Å². The number of morpholine rings is 1. The van der Waals surface area contributed by atoms with Crippen molar-refractivity contribution < 1.29 is 4.74 Å². The monoisotopic (exact) mass is 208 g/mol. The summed E-state index contributed by atoms with van der Waals surface area (Å²) in [5.74, 6) is 0. The lowest BCUT2D eigenvalue weighted by molar-refractivity contribution is -0.0212. The first-order valence-electron chi connectivity index (χ1n) is 5.22. The highest BCUT2D eigenvalue weighted by Crippen LogP contribution is 2.09. The highest BCUT2D eigenvalue weighted by Gasteiger charge is 2.16. The van der Waals surface area contributed by atoms with Crippen molar-refractivity contribution in [3.63, 3.8) is 0 Å². The van der Waals surface area contributed by atoms with Crippen molar-refractivity contribution in [3.05, 3.63) is 35.9 Å². The van der Waals surface area contributed by atoms with E-state index in [1.807, 2.05) is 0 Å². The minimum Gasteiger partial charge on any atom is -0.376 e. The van der Waals surface area contributed by atoms with Gasteiger partial charge >= 0.3 is 0 Å². The molecule has 1 heterocycles. The van der Waals surface area contributed by atoms with E-state index in [0.717, 1.165) is 26.2 Å². The first-order chi connectivity index (χ1) is 6.84. The Morgan fingerprint density at radius 3 is 2.73 bits per heavy atom. The molecule has 0 spiro atoms. The molecule has 0 radical (unpaired) electrons. The first kappa shape index (κ1) is 12.2. The molecule has 1 aromatic rings. The van der Waals surface area contributed by atoms with Gasteiger partial charge in [-0.1, -0.05) is 30.3 Å². The zero-order chi connectivity index (χ0) is 9.80. The summed E-state index contributed by atoms with van der Waals surface area (Å²) in [6.07, 6.45) is 0.382. The van der Waals surface area contributed by atoms with Crippen LogP contribution in [0.1, 0.15) is 12.5 Å². The van der Waals surface area contributed by atoms with Gasteiger partial charge in [-0.2, -0.15) is 0 Å². The standard InChI is InChI=1S/C12H17NO.H3N/c1-11-9-13(7-8-14-11)10-12-5-3-2-4-6-12;/h2-6,11H,7-10H2,1H3;1H3. The molecule has 0 bridgehead atoms. The fourth-order valence-corrected chi connectivity index (χ4v) is 1.88. The Labute approximate surface area is 91.6 Å². The van der Waals surface area contributed by atoms with Crippen molar-refractivity contribution in [1.29, 1.82) is 0 Å². The van der Waals surface area contributed by atoms with E-state index >= 15 is 0 Å². The smallest absolute Gasteiger partial charge is 0.0674 e. The summed E-state index contributed by atoms with van der Waals surface area (Å²) >= 11 is 0.